The number of thiophene rings is 1. The molecule has 154 valence electrons. The van der Waals surface area contributed by atoms with Crippen molar-refractivity contribution in [2.75, 3.05) is 44.7 Å². The van der Waals surface area contributed by atoms with Gasteiger partial charge in [0.2, 0.25) is 0 Å². The lowest BCUT2D eigenvalue weighted by Crippen LogP contribution is -2.56. The second kappa shape index (κ2) is 10.9. The summed E-state index contributed by atoms with van der Waals surface area (Å²) in [6, 6.07) is 4.87. The Balaban J connectivity index is 0.00000261. The molecule has 0 spiro atoms. The largest absolute Gasteiger partial charge is 0.363 e. The zero-order valence-electron chi connectivity index (χ0n) is 17.0. The molecule has 2 N–H and O–H groups in total. The number of halogens is 1. The van der Waals surface area contributed by atoms with Crippen molar-refractivity contribution >= 4 is 46.3 Å². The number of nitrogens with one attached hydrogen (secondary N) is 2. The third kappa shape index (κ3) is 6.49. The molecule has 0 radical (unpaired) electrons. The van der Waals surface area contributed by atoms with Gasteiger partial charge in [-0.1, -0.05) is 6.42 Å². The van der Waals surface area contributed by atoms with E-state index in [1.54, 1.807) is 0 Å². The molecule has 3 rings (SSSR count). The summed E-state index contributed by atoms with van der Waals surface area (Å²) in [5.41, 5.74) is 0.167. The Labute approximate surface area is 186 Å². The van der Waals surface area contributed by atoms with Crippen molar-refractivity contribution in [2.45, 2.75) is 57.5 Å². The smallest absolute Gasteiger partial charge is 0.191 e. The van der Waals surface area contributed by atoms with Gasteiger partial charge < -0.3 is 15.5 Å². The summed E-state index contributed by atoms with van der Waals surface area (Å²) in [5, 5.41) is 10.8. The van der Waals surface area contributed by atoms with Crippen molar-refractivity contribution in [1.82, 2.24) is 15.5 Å². The maximum absolute atomic E-state index is 4.46. The Bertz CT molecular complexity index is 561. The third-order valence-electron chi connectivity index (χ3n) is 5.78. The first-order chi connectivity index (χ1) is 12.6. The van der Waals surface area contributed by atoms with Crippen molar-refractivity contribution in [1.29, 1.82) is 0 Å². The van der Waals surface area contributed by atoms with Gasteiger partial charge >= 0.3 is 0 Å². The van der Waals surface area contributed by atoms with Crippen LogP contribution in [0.2, 0.25) is 0 Å². The zero-order valence-corrected chi connectivity index (χ0v) is 20.2. The van der Waals surface area contributed by atoms with E-state index in [1.807, 2.05) is 18.4 Å². The van der Waals surface area contributed by atoms with Crippen molar-refractivity contribution in [3.8, 4) is 0 Å². The standard InChI is InChI=1S/C20H35N5S.HI/c1-20(2,25-11-5-4-6-12-25)16-22-19(21-3)23-17-9-13-24(14-10-17)18-8-7-15-26-18;/h7-8,15,17H,4-6,9-14,16H2,1-3H3,(H2,21,22,23);1H. The van der Waals surface area contributed by atoms with Gasteiger partial charge in [-0.15, -0.1) is 35.3 Å². The first kappa shape index (κ1) is 22.7. The molecule has 2 saturated heterocycles. The fourth-order valence-corrected chi connectivity index (χ4v) is 4.78. The first-order valence-corrected chi connectivity index (χ1v) is 11.0. The number of nitrogens with zero attached hydrogens (tertiary/aromatic N) is 3. The second-order valence-corrected chi connectivity index (χ2v) is 9.07. The van der Waals surface area contributed by atoms with Crippen LogP contribution in [0.3, 0.4) is 0 Å². The minimum atomic E-state index is 0. The first-order valence-electron chi connectivity index (χ1n) is 10.1. The number of guanidine groups is 1. The molecule has 27 heavy (non-hydrogen) atoms. The minimum absolute atomic E-state index is 0. The van der Waals surface area contributed by atoms with Crippen LogP contribution in [0, 0.1) is 0 Å². The molecular formula is C20H36IN5S. The molecule has 1 aromatic rings. The van der Waals surface area contributed by atoms with E-state index in [2.05, 4.69) is 56.8 Å². The van der Waals surface area contributed by atoms with Crippen molar-refractivity contribution in [2.24, 2.45) is 4.99 Å². The van der Waals surface area contributed by atoms with E-state index in [4.69, 9.17) is 0 Å². The van der Waals surface area contributed by atoms with E-state index < -0.39 is 0 Å². The molecule has 0 aliphatic carbocycles. The quantitative estimate of drug-likeness (QED) is 0.364. The molecule has 0 bridgehead atoms. The average molecular weight is 506 g/mol. The van der Waals surface area contributed by atoms with Crippen LogP contribution in [0.5, 0.6) is 0 Å². The third-order valence-corrected chi connectivity index (χ3v) is 6.71. The number of anilines is 1. The summed E-state index contributed by atoms with van der Waals surface area (Å²) in [6.45, 7) is 10.3. The minimum Gasteiger partial charge on any atom is -0.363 e. The molecule has 2 aliphatic rings. The molecule has 0 unspecified atom stereocenters. The lowest BCUT2D eigenvalue weighted by molar-refractivity contribution is 0.0981. The number of likely N-dealkylation sites (tertiary alicyclic amines) is 1. The van der Waals surface area contributed by atoms with Crippen LogP contribution in [0.25, 0.3) is 0 Å². The topological polar surface area (TPSA) is 42.9 Å². The van der Waals surface area contributed by atoms with E-state index in [9.17, 15) is 0 Å². The molecule has 1 aromatic heterocycles. The highest BCUT2D eigenvalue weighted by Crippen LogP contribution is 2.25. The molecule has 2 aliphatic heterocycles. The molecule has 0 amide bonds. The zero-order chi connectivity index (χ0) is 18.4. The molecular weight excluding hydrogens is 469 g/mol. The van der Waals surface area contributed by atoms with Gasteiger partial charge in [-0.3, -0.25) is 9.89 Å². The Morgan fingerprint density at radius 2 is 1.89 bits per heavy atom. The SMILES string of the molecule is CN=C(NCC(C)(C)N1CCCCC1)NC1CCN(c2cccs2)CC1.I. The maximum Gasteiger partial charge on any atom is 0.191 e. The highest BCUT2D eigenvalue weighted by Gasteiger charge is 2.28. The molecule has 0 saturated carbocycles. The van der Waals surface area contributed by atoms with Crippen LogP contribution in [0.15, 0.2) is 22.5 Å². The molecule has 3 heterocycles. The van der Waals surface area contributed by atoms with Gasteiger partial charge in [-0.25, -0.2) is 0 Å². The van der Waals surface area contributed by atoms with Gasteiger partial charge in [0, 0.05) is 38.3 Å². The number of hydrogen-bond acceptors (Lipinski definition) is 4. The summed E-state index contributed by atoms with van der Waals surface area (Å²) >= 11 is 1.84. The number of hydrogen-bond donors (Lipinski definition) is 2. The predicted molar refractivity (Wildman–Crippen MR) is 129 cm³/mol. The highest BCUT2D eigenvalue weighted by atomic mass is 127. The Hall–Kier alpha value is -0.540. The number of aliphatic imine (C=N–C) groups is 1. The lowest BCUT2D eigenvalue weighted by atomic mass is 9.98. The molecule has 0 atom stereocenters. The molecule has 0 aromatic carbocycles. The van der Waals surface area contributed by atoms with Crippen LogP contribution in [0.1, 0.15) is 46.0 Å². The van der Waals surface area contributed by atoms with Gasteiger partial charge in [0.05, 0.1) is 5.00 Å². The fraction of sp³-hybridized carbons (Fsp3) is 0.750. The van der Waals surface area contributed by atoms with Gasteiger partial charge in [0.25, 0.3) is 0 Å². The van der Waals surface area contributed by atoms with Crippen LogP contribution in [-0.4, -0.2) is 62.2 Å². The molecule has 7 heteroatoms. The number of piperidine rings is 2. The van der Waals surface area contributed by atoms with Crippen molar-refractivity contribution in [3.63, 3.8) is 0 Å². The molecule has 5 nitrogen and oxygen atoms in total. The Morgan fingerprint density at radius 1 is 1.19 bits per heavy atom. The summed E-state index contributed by atoms with van der Waals surface area (Å²) in [5.74, 6) is 0.949. The second-order valence-electron chi connectivity index (χ2n) is 8.14. The normalized spacial score (nSPS) is 20.3. The van der Waals surface area contributed by atoms with Gasteiger partial charge in [-0.2, -0.15) is 0 Å². The summed E-state index contributed by atoms with van der Waals surface area (Å²) in [4.78, 5) is 9.58. The van der Waals surface area contributed by atoms with E-state index >= 15 is 0 Å². The highest BCUT2D eigenvalue weighted by molar-refractivity contribution is 14.0. The van der Waals surface area contributed by atoms with Crippen LogP contribution < -0.4 is 15.5 Å². The van der Waals surface area contributed by atoms with Crippen LogP contribution in [-0.2, 0) is 0 Å². The number of rotatable bonds is 5. The fourth-order valence-electron chi connectivity index (χ4n) is 3.99. The lowest BCUT2D eigenvalue weighted by Gasteiger charge is -2.41. The van der Waals surface area contributed by atoms with E-state index in [0.717, 1.165) is 38.4 Å². The van der Waals surface area contributed by atoms with Gasteiger partial charge in [-0.05, 0) is 70.1 Å². The monoisotopic (exact) mass is 505 g/mol. The maximum atomic E-state index is 4.46. The van der Waals surface area contributed by atoms with E-state index in [1.165, 1.54) is 37.4 Å². The van der Waals surface area contributed by atoms with Gasteiger partial charge in [0.1, 0.15) is 0 Å². The summed E-state index contributed by atoms with van der Waals surface area (Å²) in [7, 11) is 1.88. The van der Waals surface area contributed by atoms with E-state index in [0.29, 0.717) is 6.04 Å². The summed E-state index contributed by atoms with van der Waals surface area (Å²) < 4.78 is 0. The Morgan fingerprint density at radius 3 is 2.48 bits per heavy atom. The van der Waals surface area contributed by atoms with E-state index in [-0.39, 0.29) is 29.5 Å². The predicted octanol–water partition coefficient (Wildman–Crippen LogP) is 3.76. The Kier molecular flexibility index (Phi) is 9.14. The van der Waals surface area contributed by atoms with Crippen LogP contribution >= 0.6 is 35.3 Å². The van der Waals surface area contributed by atoms with Crippen molar-refractivity contribution in [3.05, 3.63) is 17.5 Å². The molecule has 2 fully saturated rings. The van der Waals surface area contributed by atoms with Crippen LogP contribution in [0.4, 0.5) is 5.00 Å². The average Bonchev–Trinajstić information content (AvgIpc) is 3.21. The summed E-state index contributed by atoms with van der Waals surface area (Å²) in [6.07, 6.45) is 6.37. The van der Waals surface area contributed by atoms with Crippen molar-refractivity contribution < 1.29 is 0 Å². The van der Waals surface area contributed by atoms with Gasteiger partial charge in [0.15, 0.2) is 5.96 Å².